The van der Waals surface area contributed by atoms with E-state index in [0.717, 1.165) is 5.69 Å². The molecule has 2 saturated heterocycles. The third kappa shape index (κ3) is 4.72. The summed E-state index contributed by atoms with van der Waals surface area (Å²) >= 11 is 0. The number of rotatable bonds is 5. The van der Waals surface area contributed by atoms with Crippen molar-refractivity contribution in [3.05, 3.63) is 48.2 Å². The number of carbonyl (C=O) groups is 1. The van der Waals surface area contributed by atoms with Gasteiger partial charge in [0.1, 0.15) is 10.7 Å². The monoisotopic (exact) mass is 459 g/mol. The number of sulfonamides is 1. The largest absolute Gasteiger partial charge is 0.379 e. The molecular formula is C22H29N5O4S. The van der Waals surface area contributed by atoms with Crippen LogP contribution in [0.2, 0.25) is 0 Å². The Kier molecular flexibility index (Phi) is 6.63. The van der Waals surface area contributed by atoms with Crippen LogP contribution in [0.25, 0.3) is 0 Å². The van der Waals surface area contributed by atoms with Crippen LogP contribution in [0.3, 0.4) is 0 Å². The van der Waals surface area contributed by atoms with Gasteiger partial charge in [-0.3, -0.25) is 4.79 Å². The van der Waals surface area contributed by atoms with E-state index in [-0.39, 0.29) is 10.8 Å². The first-order chi connectivity index (χ1) is 15.4. The van der Waals surface area contributed by atoms with E-state index in [2.05, 4.69) is 9.88 Å². The molecule has 172 valence electrons. The summed E-state index contributed by atoms with van der Waals surface area (Å²) in [5.74, 6) is 0.737. The van der Waals surface area contributed by atoms with Crippen LogP contribution in [0, 0.1) is 0 Å². The molecule has 0 radical (unpaired) electrons. The predicted molar refractivity (Wildman–Crippen MR) is 123 cm³/mol. The maximum atomic E-state index is 12.9. The Morgan fingerprint density at radius 3 is 2.34 bits per heavy atom. The topological polar surface area (TPSA) is 86.3 Å². The molecule has 0 N–H and O–H groups in total. The predicted octanol–water partition coefficient (Wildman–Crippen LogP) is 1.13. The molecule has 1 aromatic carbocycles. The lowest BCUT2D eigenvalue weighted by molar-refractivity contribution is 0.0730. The molecule has 2 fully saturated rings. The Hall–Kier alpha value is -2.69. The number of anilines is 2. The fourth-order valence-electron chi connectivity index (χ4n) is 3.89. The van der Waals surface area contributed by atoms with Crippen molar-refractivity contribution in [3.8, 4) is 0 Å². The van der Waals surface area contributed by atoms with Gasteiger partial charge in [0.2, 0.25) is 10.0 Å². The normalized spacial score (nSPS) is 17.9. The highest BCUT2D eigenvalue weighted by atomic mass is 32.2. The second-order valence-corrected chi connectivity index (χ2v) is 10.0. The van der Waals surface area contributed by atoms with Crippen molar-refractivity contribution in [3.63, 3.8) is 0 Å². The zero-order valence-electron chi connectivity index (χ0n) is 18.5. The summed E-state index contributed by atoms with van der Waals surface area (Å²) in [5, 5.41) is 0. The summed E-state index contributed by atoms with van der Waals surface area (Å²) in [6.45, 7) is 3.99. The lowest BCUT2D eigenvalue weighted by Crippen LogP contribution is -2.49. The second kappa shape index (κ2) is 9.43. The smallest absolute Gasteiger partial charge is 0.254 e. The number of morpholine rings is 1. The number of pyridine rings is 1. The Balaban J connectivity index is 1.38. The van der Waals surface area contributed by atoms with Crippen LogP contribution in [-0.2, 0) is 14.8 Å². The summed E-state index contributed by atoms with van der Waals surface area (Å²) in [6.07, 6.45) is 1.42. The van der Waals surface area contributed by atoms with E-state index < -0.39 is 10.0 Å². The van der Waals surface area contributed by atoms with Crippen LogP contribution in [-0.4, -0.2) is 95.1 Å². The van der Waals surface area contributed by atoms with Crippen LogP contribution in [0.1, 0.15) is 10.4 Å². The summed E-state index contributed by atoms with van der Waals surface area (Å²) in [4.78, 5) is 23.4. The van der Waals surface area contributed by atoms with Gasteiger partial charge in [-0.1, -0.05) is 6.07 Å². The van der Waals surface area contributed by atoms with E-state index >= 15 is 0 Å². The molecule has 0 bridgehead atoms. The van der Waals surface area contributed by atoms with Gasteiger partial charge in [-0.2, -0.15) is 4.31 Å². The van der Waals surface area contributed by atoms with E-state index in [1.807, 2.05) is 48.2 Å². The average molecular weight is 460 g/mol. The fourth-order valence-corrected chi connectivity index (χ4v) is 5.24. The van der Waals surface area contributed by atoms with E-state index in [0.29, 0.717) is 63.9 Å². The highest BCUT2D eigenvalue weighted by molar-refractivity contribution is 7.89. The van der Waals surface area contributed by atoms with Crippen LogP contribution < -0.4 is 9.80 Å². The number of amides is 1. The van der Waals surface area contributed by atoms with Gasteiger partial charge in [0.15, 0.2) is 0 Å². The number of ether oxygens (including phenoxy) is 1. The molecule has 2 aliphatic heterocycles. The van der Waals surface area contributed by atoms with E-state index in [1.54, 1.807) is 12.1 Å². The Morgan fingerprint density at radius 2 is 1.72 bits per heavy atom. The van der Waals surface area contributed by atoms with Crippen LogP contribution in [0.5, 0.6) is 0 Å². The SMILES string of the molecule is CN(C)c1cccc(C(=O)N2CCN(c3ccc(S(=O)(=O)N4CCOCC4)cn3)CC2)c1. The van der Waals surface area contributed by atoms with Crippen molar-refractivity contribution in [2.45, 2.75) is 4.90 Å². The van der Waals surface area contributed by atoms with Crippen LogP contribution in [0.4, 0.5) is 11.5 Å². The highest BCUT2D eigenvalue weighted by Gasteiger charge is 2.27. The first kappa shape index (κ1) is 22.5. The quantitative estimate of drug-likeness (QED) is 0.663. The molecule has 0 unspecified atom stereocenters. The number of hydrogen-bond donors (Lipinski definition) is 0. The second-order valence-electron chi connectivity index (χ2n) is 8.09. The number of aromatic nitrogens is 1. The molecule has 4 rings (SSSR count). The standard InChI is InChI=1S/C22H29N5O4S/c1-24(2)19-5-3-4-18(16-19)22(28)26-10-8-25(9-11-26)21-7-6-20(17-23-21)32(29,30)27-12-14-31-15-13-27/h3-7,16-17H,8-15H2,1-2H3. The maximum absolute atomic E-state index is 12.9. The highest BCUT2D eigenvalue weighted by Crippen LogP contribution is 2.21. The lowest BCUT2D eigenvalue weighted by Gasteiger charge is -2.35. The molecule has 0 atom stereocenters. The van der Waals surface area contributed by atoms with E-state index in [1.165, 1.54) is 10.5 Å². The number of nitrogens with zero attached hydrogens (tertiary/aromatic N) is 5. The average Bonchev–Trinajstić information content (AvgIpc) is 2.84. The summed E-state index contributed by atoms with van der Waals surface area (Å²) in [5.41, 5.74) is 1.67. The van der Waals surface area contributed by atoms with Gasteiger partial charge >= 0.3 is 0 Å². The van der Waals surface area contributed by atoms with Gasteiger partial charge in [-0.15, -0.1) is 0 Å². The zero-order valence-corrected chi connectivity index (χ0v) is 19.3. The van der Waals surface area contributed by atoms with E-state index in [9.17, 15) is 13.2 Å². The summed E-state index contributed by atoms with van der Waals surface area (Å²) in [7, 11) is 0.349. The van der Waals surface area contributed by atoms with Crippen molar-refractivity contribution in [2.75, 3.05) is 76.4 Å². The van der Waals surface area contributed by atoms with Crippen molar-refractivity contribution < 1.29 is 17.9 Å². The number of hydrogen-bond acceptors (Lipinski definition) is 7. The van der Waals surface area contributed by atoms with Crippen LogP contribution >= 0.6 is 0 Å². The molecule has 0 aliphatic carbocycles. The molecular weight excluding hydrogens is 430 g/mol. The summed E-state index contributed by atoms with van der Waals surface area (Å²) in [6, 6.07) is 11.0. The molecule has 0 saturated carbocycles. The molecule has 32 heavy (non-hydrogen) atoms. The number of carbonyl (C=O) groups excluding carboxylic acids is 1. The fraction of sp³-hybridized carbons (Fsp3) is 0.455. The van der Waals surface area contributed by atoms with Gasteiger partial charge in [0, 0.05) is 70.8 Å². The number of benzene rings is 1. The molecule has 1 amide bonds. The first-order valence-corrected chi connectivity index (χ1v) is 12.2. The minimum atomic E-state index is -3.55. The maximum Gasteiger partial charge on any atom is 0.254 e. The Labute approximate surface area is 189 Å². The van der Waals surface area contributed by atoms with Crippen molar-refractivity contribution in [1.82, 2.24) is 14.2 Å². The van der Waals surface area contributed by atoms with Gasteiger partial charge in [0.05, 0.1) is 13.2 Å². The molecule has 3 heterocycles. The molecule has 9 nitrogen and oxygen atoms in total. The van der Waals surface area contributed by atoms with E-state index in [4.69, 9.17) is 4.74 Å². The molecule has 1 aromatic heterocycles. The number of piperazine rings is 1. The molecule has 10 heteroatoms. The molecule has 0 spiro atoms. The van der Waals surface area contributed by atoms with Crippen molar-refractivity contribution in [2.24, 2.45) is 0 Å². The van der Waals surface area contributed by atoms with Crippen molar-refractivity contribution in [1.29, 1.82) is 0 Å². The Bertz CT molecular complexity index is 1040. The van der Waals surface area contributed by atoms with Gasteiger partial charge in [-0.05, 0) is 30.3 Å². The van der Waals surface area contributed by atoms with Gasteiger partial charge in [0.25, 0.3) is 5.91 Å². The molecule has 2 aliphatic rings. The lowest BCUT2D eigenvalue weighted by atomic mass is 10.1. The van der Waals surface area contributed by atoms with Gasteiger partial charge in [-0.25, -0.2) is 13.4 Å². The minimum absolute atomic E-state index is 0.0215. The van der Waals surface area contributed by atoms with Gasteiger partial charge < -0.3 is 19.4 Å². The van der Waals surface area contributed by atoms with Crippen LogP contribution in [0.15, 0.2) is 47.5 Å². The zero-order chi connectivity index (χ0) is 22.7. The van der Waals surface area contributed by atoms with Crippen molar-refractivity contribution >= 4 is 27.4 Å². The Morgan fingerprint density at radius 1 is 1.00 bits per heavy atom. The summed E-state index contributed by atoms with van der Waals surface area (Å²) < 4.78 is 32.2. The third-order valence-corrected chi connectivity index (χ3v) is 7.71. The minimum Gasteiger partial charge on any atom is -0.379 e. The third-order valence-electron chi connectivity index (χ3n) is 5.83. The first-order valence-electron chi connectivity index (χ1n) is 10.7. The molecule has 2 aromatic rings.